The Kier molecular flexibility index (Phi) is 4.20. The minimum absolute atomic E-state index is 0.238. The molecule has 4 heteroatoms. The van der Waals surface area contributed by atoms with Gasteiger partial charge in [0, 0.05) is 24.7 Å². The van der Waals surface area contributed by atoms with E-state index in [1.165, 1.54) is 6.07 Å². The van der Waals surface area contributed by atoms with Crippen molar-refractivity contribution in [3.63, 3.8) is 0 Å². The number of carbonyl (C=O) groups is 1. The van der Waals surface area contributed by atoms with Crippen molar-refractivity contribution in [1.29, 1.82) is 0 Å². The summed E-state index contributed by atoms with van der Waals surface area (Å²) in [4.78, 5) is 13.2. The van der Waals surface area contributed by atoms with Crippen molar-refractivity contribution in [2.24, 2.45) is 5.92 Å². The highest BCUT2D eigenvalue weighted by Crippen LogP contribution is 2.29. The number of carboxylic acid groups (broad SMARTS) is 1. The number of aromatic carboxylic acids is 1. The van der Waals surface area contributed by atoms with E-state index in [0.29, 0.717) is 24.1 Å². The van der Waals surface area contributed by atoms with Gasteiger partial charge in [0.2, 0.25) is 0 Å². The molecular weight excluding hydrogens is 245 g/mol. The maximum atomic E-state index is 14.1. The number of hydrogen-bond acceptors (Lipinski definition) is 2. The van der Waals surface area contributed by atoms with E-state index in [4.69, 9.17) is 5.11 Å². The third-order valence-electron chi connectivity index (χ3n) is 3.35. The first-order valence-electron chi connectivity index (χ1n) is 6.73. The summed E-state index contributed by atoms with van der Waals surface area (Å²) in [5, 5.41) is 8.94. The number of carboxylic acids is 1. The van der Waals surface area contributed by atoms with Crippen LogP contribution in [0.3, 0.4) is 0 Å². The van der Waals surface area contributed by atoms with Crippen LogP contribution < -0.4 is 0 Å². The summed E-state index contributed by atoms with van der Waals surface area (Å²) in [6, 6.07) is 5.14. The van der Waals surface area contributed by atoms with Crippen molar-refractivity contribution in [3.8, 4) is 0 Å². The fourth-order valence-electron chi connectivity index (χ4n) is 2.34. The predicted octanol–water partition coefficient (Wildman–Crippen LogP) is 3.14. The standard InChI is InChI=1S/C15H20FNO2/c1-10(2)8-17(12-6-7-12)9-11-4-3-5-13(14(11)16)15(18)19/h3-5,10,12H,6-9H2,1-2H3,(H,18,19). The molecule has 0 heterocycles. The lowest BCUT2D eigenvalue weighted by molar-refractivity contribution is 0.0691. The second-order valence-corrected chi connectivity index (χ2v) is 5.64. The van der Waals surface area contributed by atoms with Gasteiger partial charge in [-0.25, -0.2) is 9.18 Å². The van der Waals surface area contributed by atoms with Crippen molar-refractivity contribution in [1.82, 2.24) is 4.90 Å². The quantitative estimate of drug-likeness (QED) is 0.859. The summed E-state index contributed by atoms with van der Waals surface area (Å²) in [5.74, 6) is -1.28. The maximum absolute atomic E-state index is 14.1. The van der Waals surface area contributed by atoms with Gasteiger partial charge in [-0.15, -0.1) is 0 Å². The zero-order chi connectivity index (χ0) is 14.0. The summed E-state index contributed by atoms with van der Waals surface area (Å²) in [6.07, 6.45) is 2.32. The molecule has 3 nitrogen and oxygen atoms in total. The molecule has 104 valence electrons. The van der Waals surface area contributed by atoms with Gasteiger partial charge < -0.3 is 5.11 Å². The molecule has 0 aliphatic heterocycles. The van der Waals surface area contributed by atoms with E-state index in [2.05, 4.69) is 18.7 Å². The molecule has 1 aromatic carbocycles. The van der Waals surface area contributed by atoms with Crippen LogP contribution >= 0.6 is 0 Å². The van der Waals surface area contributed by atoms with Gasteiger partial charge >= 0.3 is 5.97 Å². The predicted molar refractivity (Wildman–Crippen MR) is 71.6 cm³/mol. The molecule has 1 saturated carbocycles. The van der Waals surface area contributed by atoms with Crippen molar-refractivity contribution in [2.75, 3.05) is 6.54 Å². The molecule has 1 aromatic rings. The Morgan fingerprint density at radius 1 is 1.47 bits per heavy atom. The highest BCUT2D eigenvalue weighted by atomic mass is 19.1. The molecule has 0 atom stereocenters. The van der Waals surface area contributed by atoms with E-state index in [0.717, 1.165) is 19.4 Å². The summed E-state index contributed by atoms with van der Waals surface area (Å²) in [7, 11) is 0. The molecule has 1 aliphatic carbocycles. The van der Waals surface area contributed by atoms with Gasteiger partial charge in [-0.1, -0.05) is 26.0 Å². The maximum Gasteiger partial charge on any atom is 0.338 e. The lowest BCUT2D eigenvalue weighted by Crippen LogP contribution is -2.30. The summed E-state index contributed by atoms with van der Waals surface area (Å²) in [5.41, 5.74) is 0.241. The van der Waals surface area contributed by atoms with Crippen molar-refractivity contribution < 1.29 is 14.3 Å². The van der Waals surface area contributed by atoms with Gasteiger partial charge in [-0.2, -0.15) is 0 Å². The molecule has 1 aliphatic rings. The first-order valence-corrected chi connectivity index (χ1v) is 6.73. The van der Waals surface area contributed by atoms with Gasteiger partial charge in [0.05, 0.1) is 5.56 Å². The first-order chi connectivity index (χ1) is 8.99. The monoisotopic (exact) mass is 265 g/mol. The van der Waals surface area contributed by atoms with Crippen LogP contribution in [0.25, 0.3) is 0 Å². The summed E-state index contributed by atoms with van der Waals surface area (Å²) < 4.78 is 14.1. The molecule has 0 spiro atoms. The van der Waals surface area contributed by atoms with E-state index < -0.39 is 11.8 Å². The van der Waals surface area contributed by atoms with E-state index >= 15 is 0 Å². The average molecular weight is 265 g/mol. The molecule has 0 amide bonds. The molecule has 2 rings (SSSR count). The smallest absolute Gasteiger partial charge is 0.338 e. The highest BCUT2D eigenvalue weighted by Gasteiger charge is 2.30. The van der Waals surface area contributed by atoms with Gasteiger partial charge in [-0.3, -0.25) is 4.90 Å². The van der Waals surface area contributed by atoms with Crippen LogP contribution in [0, 0.1) is 11.7 Å². The van der Waals surface area contributed by atoms with Crippen LogP contribution in [0.5, 0.6) is 0 Å². The van der Waals surface area contributed by atoms with E-state index in [1.807, 2.05) is 0 Å². The number of benzene rings is 1. The Balaban J connectivity index is 2.17. The molecule has 0 saturated heterocycles. The van der Waals surface area contributed by atoms with Crippen molar-refractivity contribution >= 4 is 5.97 Å². The highest BCUT2D eigenvalue weighted by molar-refractivity contribution is 5.88. The van der Waals surface area contributed by atoms with Crippen LogP contribution in [0.15, 0.2) is 18.2 Å². The number of hydrogen-bond donors (Lipinski definition) is 1. The zero-order valence-corrected chi connectivity index (χ0v) is 11.4. The first kappa shape index (κ1) is 14.0. The van der Waals surface area contributed by atoms with Crippen LogP contribution in [0.2, 0.25) is 0 Å². The molecule has 0 radical (unpaired) electrons. The topological polar surface area (TPSA) is 40.5 Å². The van der Waals surface area contributed by atoms with Gasteiger partial charge in [0.15, 0.2) is 0 Å². The lowest BCUT2D eigenvalue weighted by Gasteiger charge is -2.24. The van der Waals surface area contributed by atoms with Crippen LogP contribution in [-0.4, -0.2) is 28.6 Å². The fraction of sp³-hybridized carbons (Fsp3) is 0.533. The third kappa shape index (κ3) is 3.53. The Morgan fingerprint density at radius 3 is 2.68 bits per heavy atom. The van der Waals surface area contributed by atoms with E-state index in [-0.39, 0.29) is 5.56 Å². The molecule has 19 heavy (non-hydrogen) atoms. The van der Waals surface area contributed by atoms with Crippen LogP contribution in [0.4, 0.5) is 4.39 Å². The van der Waals surface area contributed by atoms with Crippen LogP contribution in [-0.2, 0) is 6.54 Å². The Morgan fingerprint density at radius 2 is 2.16 bits per heavy atom. The third-order valence-corrected chi connectivity index (χ3v) is 3.35. The van der Waals surface area contributed by atoms with Crippen molar-refractivity contribution in [3.05, 3.63) is 35.1 Å². The van der Waals surface area contributed by atoms with Crippen molar-refractivity contribution in [2.45, 2.75) is 39.3 Å². The second-order valence-electron chi connectivity index (χ2n) is 5.64. The number of halogens is 1. The largest absolute Gasteiger partial charge is 0.478 e. The van der Waals surface area contributed by atoms with Crippen LogP contribution in [0.1, 0.15) is 42.6 Å². The van der Waals surface area contributed by atoms with Gasteiger partial charge in [0.25, 0.3) is 0 Å². The number of rotatable bonds is 6. The Hall–Kier alpha value is -1.42. The second kappa shape index (κ2) is 5.70. The Labute approximate surface area is 113 Å². The van der Waals surface area contributed by atoms with Gasteiger partial charge in [-0.05, 0) is 24.8 Å². The average Bonchev–Trinajstić information content (AvgIpc) is 3.13. The zero-order valence-electron chi connectivity index (χ0n) is 11.4. The van der Waals surface area contributed by atoms with Gasteiger partial charge in [0.1, 0.15) is 5.82 Å². The molecule has 0 aromatic heterocycles. The SMILES string of the molecule is CC(C)CN(Cc1cccc(C(=O)O)c1F)C1CC1. The molecule has 1 fully saturated rings. The summed E-state index contributed by atoms with van der Waals surface area (Å²) >= 11 is 0. The van der Waals surface area contributed by atoms with E-state index in [9.17, 15) is 9.18 Å². The molecule has 1 N–H and O–H groups in total. The van der Waals surface area contributed by atoms with E-state index in [1.54, 1.807) is 12.1 Å². The molecular formula is C15H20FNO2. The molecule has 0 bridgehead atoms. The normalized spacial score (nSPS) is 15.2. The minimum Gasteiger partial charge on any atom is -0.478 e. The minimum atomic E-state index is -1.21. The number of nitrogens with zero attached hydrogens (tertiary/aromatic N) is 1. The fourth-order valence-corrected chi connectivity index (χ4v) is 2.34. The summed E-state index contributed by atoms with van der Waals surface area (Å²) in [6.45, 7) is 5.69. The Bertz CT molecular complexity index is 469. The molecule has 0 unspecified atom stereocenters. The lowest BCUT2D eigenvalue weighted by atomic mass is 10.1.